The molecule has 2 amide bonds. The predicted molar refractivity (Wildman–Crippen MR) is 106 cm³/mol. The fourth-order valence-electron chi connectivity index (χ4n) is 2.96. The van der Waals surface area contributed by atoms with E-state index >= 15 is 0 Å². The Morgan fingerprint density at radius 3 is 2.63 bits per heavy atom. The number of aromatic nitrogens is 2. The van der Waals surface area contributed by atoms with Gasteiger partial charge in [-0.2, -0.15) is 5.10 Å². The number of amides is 2. The number of para-hydroxylation sites is 2. The fourth-order valence-corrected chi connectivity index (χ4v) is 3.68. The molecular formula is C19H24N4O3S. The first-order valence-electron chi connectivity index (χ1n) is 8.90. The highest BCUT2D eigenvalue weighted by atomic mass is 32.2. The molecule has 0 radical (unpaired) electrons. The van der Waals surface area contributed by atoms with Crippen molar-refractivity contribution in [3.05, 3.63) is 41.7 Å². The second kappa shape index (κ2) is 9.05. The van der Waals surface area contributed by atoms with Gasteiger partial charge in [-0.25, -0.2) is 4.68 Å². The van der Waals surface area contributed by atoms with Crippen molar-refractivity contribution in [3.8, 4) is 5.69 Å². The van der Waals surface area contributed by atoms with Crippen LogP contribution in [0.25, 0.3) is 5.69 Å². The molecule has 0 bridgehead atoms. The summed E-state index contributed by atoms with van der Waals surface area (Å²) in [5.41, 5.74) is 3.45. The lowest BCUT2D eigenvalue weighted by atomic mass is 10.2. The van der Waals surface area contributed by atoms with Gasteiger partial charge in [0.05, 0.1) is 41.8 Å². The summed E-state index contributed by atoms with van der Waals surface area (Å²) in [6.45, 7) is 6.34. The maximum Gasteiger partial charge on any atom is 0.234 e. The van der Waals surface area contributed by atoms with Crippen molar-refractivity contribution in [2.75, 3.05) is 43.1 Å². The molecule has 0 saturated carbocycles. The van der Waals surface area contributed by atoms with Gasteiger partial charge in [0, 0.05) is 18.8 Å². The molecule has 1 aliphatic rings. The zero-order valence-corrected chi connectivity index (χ0v) is 16.4. The minimum absolute atomic E-state index is 0.0548. The van der Waals surface area contributed by atoms with Crippen molar-refractivity contribution in [2.45, 2.75) is 13.8 Å². The molecule has 3 rings (SSSR count). The molecule has 0 atom stereocenters. The number of carbonyl (C=O) groups is 2. The van der Waals surface area contributed by atoms with Crippen LogP contribution in [0.15, 0.2) is 30.3 Å². The van der Waals surface area contributed by atoms with Crippen molar-refractivity contribution < 1.29 is 14.3 Å². The quantitative estimate of drug-likeness (QED) is 0.819. The molecule has 1 fully saturated rings. The second-order valence-electron chi connectivity index (χ2n) is 6.39. The first-order chi connectivity index (χ1) is 13.0. The van der Waals surface area contributed by atoms with E-state index in [9.17, 15) is 9.59 Å². The van der Waals surface area contributed by atoms with Crippen LogP contribution in [0.2, 0.25) is 0 Å². The van der Waals surface area contributed by atoms with Crippen LogP contribution in [0.3, 0.4) is 0 Å². The first kappa shape index (κ1) is 19.4. The summed E-state index contributed by atoms with van der Waals surface area (Å²) in [6, 6.07) is 9.56. The Hall–Kier alpha value is -2.32. The molecule has 2 heterocycles. The Balaban J connectivity index is 1.55. The molecule has 0 aliphatic carbocycles. The number of thioether (sulfide) groups is 1. The van der Waals surface area contributed by atoms with Gasteiger partial charge in [0.25, 0.3) is 0 Å². The zero-order valence-electron chi connectivity index (χ0n) is 15.6. The third-order valence-electron chi connectivity index (χ3n) is 4.24. The molecule has 1 aromatic carbocycles. The summed E-state index contributed by atoms with van der Waals surface area (Å²) in [4.78, 5) is 26.2. The SMILES string of the molecule is Cc1cc(C)n(-c2ccccc2NC(=O)CSCC(=O)N2CCOCC2)n1. The van der Waals surface area contributed by atoms with Gasteiger partial charge in [0.2, 0.25) is 11.8 Å². The summed E-state index contributed by atoms with van der Waals surface area (Å²) in [5, 5.41) is 7.42. The Kier molecular flexibility index (Phi) is 6.52. The van der Waals surface area contributed by atoms with E-state index < -0.39 is 0 Å². The molecule has 144 valence electrons. The average molecular weight is 388 g/mol. The van der Waals surface area contributed by atoms with E-state index in [1.807, 2.05) is 48.9 Å². The van der Waals surface area contributed by atoms with Crippen LogP contribution in [0.1, 0.15) is 11.4 Å². The van der Waals surface area contributed by atoms with Crippen LogP contribution < -0.4 is 5.32 Å². The van der Waals surface area contributed by atoms with Crippen LogP contribution in [0.4, 0.5) is 5.69 Å². The third-order valence-corrected chi connectivity index (χ3v) is 5.16. The highest BCUT2D eigenvalue weighted by Crippen LogP contribution is 2.21. The molecule has 0 spiro atoms. The summed E-state index contributed by atoms with van der Waals surface area (Å²) in [6.07, 6.45) is 0. The van der Waals surface area contributed by atoms with Gasteiger partial charge in [0.15, 0.2) is 0 Å². The number of anilines is 1. The van der Waals surface area contributed by atoms with Crippen molar-refractivity contribution in [2.24, 2.45) is 0 Å². The molecule has 1 aliphatic heterocycles. The Morgan fingerprint density at radius 2 is 1.93 bits per heavy atom. The summed E-state index contributed by atoms with van der Waals surface area (Å²) >= 11 is 1.32. The van der Waals surface area contributed by atoms with Gasteiger partial charge >= 0.3 is 0 Å². The number of nitrogens with one attached hydrogen (secondary N) is 1. The number of hydrogen-bond acceptors (Lipinski definition) is 5. The van der Waals surface area contributed by atoms with Crippen molar-refractivity contribution in [1.82, 2.24) is 14.7 Å². The summed E-state index contributed by atoms with van der Waals surface area (Å²) in [5.74, 6) is 0.441. The van der Waals surface area contributed by atoms with Crippen molar-refractivity contribution in [1.29, 1.82) is 0 Å². The number of rotatable bonds is 6. The maximum atomic E-state index is 12.3. The molecular weight excluding hydrogens is 364 g/mol. The van der Waals surface area contributed by atoms with E-state index in [1.54, 1.807) is 4.90 Å². The van der Waals surface area contributed by atoms with E-state index in [0.29, 0.717) is 37.7 Å². The second-order valence-corrected chi connectivity index (χ2v) is 7.38. The van der Waals surface area contributed by atoms with Gasteiger partial charge in [-0.15, -0.1) is 11.8 Å². The number of aryl methyl sites for hydroxylation is 2. The van der Waals surface area contributed by atoms with E-state index in [0.717, 1.165) is 17.1 Å². The number of morpholine rings is 1. The van der Waals surface area contributed by atoms with Gasteiger partial charge in [0.1, 0.15) is 0 Å². The smallest absolute Gasteiger partial charge is 0.234 e. The molecule has 1 N–H and O–H groups in total. The normalized spacial score (nSPS) is 14.2. The standard InChI is InChI=1S/C19H24N4O3S/c1-14-11-15(2)23(21-14)17-6-4-3-5-16(17)20-18(24)12-27-13-19(25)22-7-9-26-10-8-22/h3-6,11H,7-10,12-13H2,1-2H3,(H,20,24). The minimum Gasteiger partial charge on any atom is -0.378 e. The van der Waals surface area contributed by atoms with E-state index in [1.165, 1.54) is 11.8 Å². The van der Waals surface area contributed by atoms with E-state index in [2.05, 4.69) is 10.4 Å². The number of hydrogen-bond donors (Lipinski definition) is 1. The lowest BCUT2D eigenvalue weighted by Crippen LogP contribution is -2.41. The molecule has 0 unspecified atom stereocenters. The van der Waals surface area contributed by atoms with Crippen LogP contribution in [-0.2, 0) is 14.3 Å². The van der Waals surface area contributed by atoms with Crippen LogP contribution in [-0.4, -0.2) is 64.3 Å². The zero-order chi connectivity index (χ0) is 19.2. The molecule has 1 aromatic heterocycles. The highest BCUT2D eigenvalue weighted by molar-refractivity contribution is 8.00. The lowest BCUT2D eigenvalue weighted by molar-refractivity contribution is -0.132. The largest absolute Gasteiger partial charge is 0.378 e. The summed E-state index contributed by atoms with van der Waals surface area (Å²) < 4.78 is 7.06. The van der Waals surface area contributed by atoms with Crippen LogP contribution >= 0.6 is 11.8 Å². The molecule has 2 aromatic rings. The number of carbonyl (C=O) groups excluding carboxylic acids is 2. The number of ether oxygens (including phenoxy) is 1. The van der Waals surface area contributed by atoms with Crippen LogP contribution in [0.5, 0.6) is 0 Å². The molecule has 8 heteroatoms. The fraction of sp³-hybridized carbons (Fsp3) is 0.421. The molecule has 27 heavy (non-hydrogen) atoms. The number of nitrogens with zero attached hydrogens (tertiary/aromatic N) is 3. The predicted octanol–water partition coefficient (Wildman–Crippen LogP) is 2.02. The maximum absolute atomic E-state index is 12.3. The van der Waals surface area contributed by atoms with Crippen LogP contribution in [0, 0.1) is 13.8 Å². The molecule has 7 nitrogen and oxygen atoms in total. The topological polar surface area (TPSA) is 76.5 Å². The minimum atomic E-state index is -0.135. The average Bonchev–Trinajstić information content (AvgIpc) is 3.00. The van der Waals surface area contributed by atoms with E-state index in [4.69, 9.17) is 4.74 Å². The first-order valence-corrected chi connectivity index (χ1v) is 10.1. The number of benzene rings is 1. The Morgan fingerprint density at radius 1 is 1.19 bits per heavy atom. The van der Waals surface area contributed by atoms with Gasteiger partial charge in [-0.05, 0) is 32.0 Å². The summed E-state index contributed by atoms with van der Waals surface area (Å²) in [7, 11) is 0. The molecule has 1 saturated heterocycles. The van der Waals surface area contributed by atoms with Crippen molar-refractivity contribution in [3.63, 3.8) is 0 Å². The van der Waals surface area contributed by atoms with E-state index in [-0.39, 0.29) is 17.6 Å². The Labute approximate surface area is 163 Å². The lowest BCUT2D eigenvalue weighted by Gasteiger charge is -2.26. The Bertz CT molecular complexity index is 815. The monoisotopic (exact) mass is 388 g/mol. The van der Waals surface area contributed by atoms with Gasteiger partial charge in [-0.1, -0.05) is 12.1 Å². The van der Waals surface area contributed by atoms with Gasteiger partial charge in [-0.3, -0.25) is 9.59 Å². The third kappa shape index (κ3) is 5.11. The van der Waals surface area contributed by atoms with Crippen molar-refractivity contribution >= 4 is 29.3 Å². The van der Waals surface area contributed by atoms with Gasteiger partial charge < -0.3 is 15.0 Å². The highest BCUT2D eigenvalue weighted by Gasteiger charge is 2.17.